The van der Waals surface area contributed by atoms with E-state index < -0.39 is 11.7 Å². The molecular weight excluding hydrogens is 211 g/mol. The minimum atomic E-state index is -0.631. The van der Waals surface area contributed by atoms with Crippen molar-refractivity contribution in [2.24, 2.45) is 5.41 Å². The van der Waals surface area contributed by atoms with Gasteiger partial charge in [-0.2, -0.15) is 0 Å². The van der Waals surface area contributed by atoms with E-state index in [1.165, 1.54) is 12.3 Å². The standard InChI is InChI=1S/C11H13FN2O2/c12-9-5-13-4-1-8(9)10(16)14-6-11(7-15)2-3-11/h1,4-5,15H,2-3,6-7H2,(H,14,16). The van der Waals surface area contributed by atoms with Crippen LogP contribution in [-0.4, -0.2) is 29.1 Å². The van der Waals surface area contributed by atoms with Crippen LogP contribution in [0.3, 0.4) is 0 Å². The summed E-state index contributed by atoms with van der Waals surface area (Å²) in [5, 5.41) is 11.7. The molecule has 86 valence electrons. The lowest BCUT2D eigenvalue weighted by Crippen LogP contribution is -2.32. The van der Waals surface area contributed by atoms with Crippen molar-refractivity contribution in [1.29, 1.82) is 0 Å². The highest BCUT2D eigenvalue weighted by Crippen LogP contribution is 2.44. The monoisotopic (exact) mass is 224 g/mol. The van der Waals surface area contributed by atoms with E-state index in [-0.39, 0.29) is 17.6 Å². The first-order valence-electron chi connectivity index (χ1n) is 5.15. The molecule has 4 nitrogen and oxygen atoms in total. The molecule has 1 saturated carbocycles. The average Bonchev–Trinajstić information content (AvgIpc) is 3.07. The number of rotatable bonds is 4. The molecule has 0 bridgehead atoms. The lowest BCUT2D eigenvalue weighted by molar-refractivity contribution is 0.0931. The Morgan fingerprint density at radius 3 is 2.94 bits per heavy atom. The summed E-state index contributed by atoms with van der Waals surface area (Å²) in [6, 6.07) is 1.34. The quantitative estimate of drug-likeness (QED) is 0.792. The number of aromatic nitrogens is 1. The Kier molecular flexibility index (Phi) is 2.87. The molecule has 2 rings (SSSR count). The third-order valence-corrected chi connectivity index (χ3v) is 2.93. The summed E-state index contributed by atoms with van der Waals surface area (Å²) in [4.78, 5) is 15.2. The minimum absolute atomic E-state index is 0.0104. The maximum Gasteiger partial charge on any atom is 0.254 e. The van der Waals surface area contributed by atoms with E-state index in [1.54, 1.807) is 0 Å². The van der Waals surface area contributed by atoms with Crippen molar-refractivity contribution < 1.29 is 14.3 Å². The number of pyridine rings is 1. The van der Waals surface area contributed by atoms with Gasteiger partial charge < -0.3 is 10.4 Å². The van der Waals surface area contributed by atoms with Gasteiger partial charge in [-0.1, -0.05) is 0 Å². The van der Waals surface area contributed by atoms with E-state index in [9.17, 15) is 9.18 Å². The smallest absolute Gasteiger partial charge is 0.254 e. The van der Waals surface area contributed by atoms with Gasteiger partial charge >= 0.3 is 0 Å². The Morgan fingerprint density at radius 2 is 2.38 bits per heavy atom. The number of nitrogens with zero attached hydrogens (tertiary/aromatic N) is 1. The van der Waals surface area contributed by atoms with Crippen molar-refractivity contribution in [3.63, 3.8) is 0 Å². The molecule has 1 aliphatic carbocycles. The summed E-state index contributed by atoms with van der Waals surface area (Å²) >= 11 is 0. The van der Waals surface area contributed by atoms with Crippen LogP contribution in [0, 0.1) is 11.2 Å². The number of nitrogens with one attached hydrogen (secondary N) is 1. The number of halogens is 1. The summed E-state index contributed by atoms with van der Waals surface area (Å²) in [5.41, 5.74) is -0.178. The summed E-state index contributed by atoms with van der Waals surface area (Å²) < 4.78 is 13.2. The summed E-state index contributed by atoms with van der Waals surface area (Å²) in [5.74, 6) is -1.09. The van der Waals surface area contributed by atoms with Crippen LogP contribution in [0.4, 0.5) is 4.39 Å². The van der Waals surface area contributed by atoms with Gasteiger partial charge in [0.25, 0.3) is 5.91 Å². The highest BCUT2D eigenvalue weighted by Gasteiger charge is 2.42. The lowest BCUT2D eigenvalue weighted by Gasteiger charge is -2.12. The third kappa shape index (κ3) is 2.19. The van der Waals surface area contributed by atoms with Gasteiger partial charge in [-0.05, 0) is 18.9 Å². The molecule has 5 heteroatoms. The van der Waals surface area contributed by atoms with Gasteiger partial charge in [0.1, 0.15) is 0 Å². The molecular formula is C11H13FN2O2. The Morgan fingerprint density at radius 1 is 1.62 bits per heavy atom. The van der Waals surface area contributed by atoms with Gasteiger partial charge in [-0.3, -0.25) is 9.78 Å². The maximum absolute atomic E-state index is 13.2. The van der Waals surface area contributed by atoms with E-state index >= 15 is 0 Å². The summed E-state index contributed by atoms with van der Waals surface area (Å²) in [6.45, 7) is 0.455. The molecule has 0 aromatic carbocycles. The Hall–Kier alpha value is -1.49. The average molecular weight is 224 g/mol. The molecule has 1 aliphatic rings. The van der Waals surface area contributed by atoms with E-state index in [2.05, 4.69) is 10.3 Å². The molecule has 2 N–H and O–H groups in total. The second-order valence-corrected chi connectivity index (χ2v) is 4.20. The minimum Gasteiger partial charge on any atom is -0.396 e. The predicted octanol–water partition coefficient (Wildman–Crippen LogP) is 0.723. The molecule has 1 fully saturated rings. The van der Waals surface area contributed by atoms with Crippen molar-refractivity contribution in [2.45, 2.75) is 12.8 Å². The van der Waals surface area contributed by atoms with Gasteiger partial charge in [-0.25, -0.2) is 4.39 Å². The maximum atomic E-state index is 13.2. The fraction of sp³-hybridized carbons (Fsp3) is 0.455. The summed E-state index contributed by atoms with van der Waals surface area (Å²) in [7, 11) is 0. The number of hydrogen-bond acceptors (Lipinski definition) is 3. The van der Waals surface area contributed by atoms with Crippen LogP contribution in [0.2, 0.25) is 0 Å². The van der Waals surface area contributed by atoms with Crippen LogP contribution in [0.5, 0.6) is 0 Å². The Labute approximate surface area is 92.5 Å². The number of carbonyl (C=O) groups is 1. The van der Waals surface area contributed by atoms with Crippen molar-refractivity contribution in [1.82, 2.24) is 10.3 Å². The predicted molar refractivity (Wildman–Crippen MR) is 55.3 cm³/mol. The van der Waals surface area contributed by atoms with Crippen LogP contribution in [0.25, 0.3) is 0 Å². The lowest BCUT2D eigenvalue weighted by atomic mass is 10.1. The van der Waals surface area contributed by atoms with Crippen molar-refractivity contribution in [2.75, 3.05) is 13.2 Å². The van der Waals surface area contributed by atoms with Gasteiger partial charge in [0.15, 0.2) is 5.82 Å². The molecule has 0 saturated heterocycles. The van der Waals surface area contributed by atoms with Gasteiger partial charge in [-0.15, -0.1) is 0 Å². The van der Waals surface area contributed by atoms with Crippen molar-refractivity contribution in [3.8, 4) is 0 Å². The van der Waals surface area contributed by atoms with E-state index in [1.807, 2.05) is 0 Å². The van der Waals surface area contributed by atoms with Crippen molar-refractivity contribution >= 4 is 5.91 Å². The number of carbonyl (C=O) groups excluding carboxylic acids is 1. The van der Waals surface area contributed by atoms with Crippen LogP contribution in [-0.2, 0) is 0 Å². The van der Waals surface area contributed by atoms with Crippen LogP contribution < -0.4 is 5.32 Å². The van der Waals surface area contributed by atoms with Gasteiger partial charge in [0.2, 0.25) is 0 Å². The third-order valence-electron chi connectivity index (χ3n) is 2.93. The highest BCUT2D eigenvalue weighted by molar-refractivity contribution is 5.94. The molecule has 0 spiro atoms. The summed E-state index contributed by atoms with van der Waals surface area (Å²) in [6.07, 6.45) is 4.19. The number of hydrogen-bond donors (Lipinski definition) is 2. The van der Waals surface area contributed by atoms with Crippen LogP contribution >= 0.6 is 0 Å². The van der Waals surface area contributed by atoms with E-state index in [0.717, 1.165) is 19.0 Å². The zero-order chi connectivity index (χ0) is 11.6. The topological polar surface area (TPSA) is 62.2 Å². The zero-order valence-electron chi connectivity index (χ0n) is 8.74. The molecule has 0 unspecified atom stereocenters. The fourth-order valence-corrected chi connectivity index (χ4v) is 1.49. The largest absolute Gasteiger partial charge is 0.396 e. The molecule has 1 heterocycles. The van der Waals surface area contributed by atoms with Gasteiger partial charge in [0.05, 0.1) is 18.4 Å². The molecule has 1 aromatic heterocycles. The molecule has 1 aromatic rings. The van der Waals surface area contributed by atoms with Crippen LogP contribution in [0.15, 0.2) is 18.5 Å². The second kappa shape index (κ2) is 4.17. The number of aliphatic hydroxyl groups is 1. The van der Waals surface area contributed by atoms with E-state index in [0.29, 0.717) is 6.54 Å². The van der Waals surface area contributed by atoms with E-state index in [4.69, 9.17) is 5.11 Å². The second-order valence-electron chi connectivity index (χ2n) is 4.20. The van der Waals surface area contributed by atoms with Crippen molar-refractivity contribution in [3.05, 3.63) is 29.8 Å². The fourth-order valence-electron chi connectivity index (χ4n) is 1.49. The molecule has 1 amide bonds. The molecule has 16 heavy (non-hydrogen) atoms. The molecule has 0 aliphatic heterocycles. The Bertz CT molecular complexity index is 405. The molecule has 0 radical (unpaired) electrons. The molecule has 0 atom stereocenters. The number of aliphatic hydroxyl groups excluding tert-OH is 1. The highest BCUT2D eigenvalue weighted by atomic mass is 19.1. The van der Waals surface area contributed by atoms with Crippen LogP contribution in [0.1, 0.15) is 23.2 Å². The SMILES string of the molecule is O=C(NCC1(CO)CC1)c1ccncc1F. The van der Waals surface area contributed by atoms with Gasteiger partial charge in [0, 0.05) is 18.2 Å². The number of amides is 1. The normalized spacial score (nSPS) is 16.9. The first kappa shape index (κ1) is 11.0. The Balaban J connectivity index is 1.96. The first-order valence-corrected chi connectivity index (χ1v) is 5.15. The zero-order valence-corrected chi connectivity index (χ0v) is 8.74. The first-order chi connectivity index (χ1) is 7.67.